The molecule has 3 heteroatoms. The minimum atomic E-state index is -2.60. The standard InChI is InChI=1S/C18H33Cl2P/c19-21(20,16-10-4-1-5-11-16,17-12-6-2-7-13-17)18-14-8-3-9-15-18/h16-18H,1-15H2. The molecule has 0 heterocycles. The molecule has 3 aliphatic rings. The predicted octanol–water partition coefficient (Wildman–Crippen LogP) is 7.85. The molecule has 3 saturated carbocycles. The summed E-state index contributed by atoms with van der Waals surface area (Å²) in [5.41, 5.74) is 2.04. The van der Waals surface area contributed by atoms with E-state index in [4.69, 9.17) is 22.5 Å². The molecule has 0 N–H and O–H groups in total. The topological polar surface area (TPSA) is 0 Å². The Kier molecular flexibility index (Phi) is 5.51. The van der Waals surface area contributed by atoms with E-state index in [0.717, 1.165) is 0 Å². The van der Waals surface area contributed by atoms with Gasteiger partial charge in [0.05, 0.1) is 0 Å². The summed E-state index contributed by atoms with van der Waals surface area (Å²) in [6.45, 7) is 0. The molecular weight excluding hydrogens is 318 g/mol. The van der Waals surface area contributed by atoms with Crippen LogP contribution in [0.15, 0.2) is 0 Å². The van der Waals surface area contributed by atoms with E-state index in [1.807, 2.05) is 0 Å². The zero-order chi connectivity index (χ0) is 14.8. The van der Waals surface area contributed by atoms with Crippen molar-refractivity contribution in [1.29, 1.82) is 0 Å². The first kappa shape index (κ1) is 16.9. The first-order chi connectivity index (χ1) is 10.1. The maximum atomic E-state index is 7.73. The van der Waals surface area contributed by atoms with Crippen LogP contribution in [0.25, 0.3) is 0 Å². The Labute approximate surface area is 141 Å². The third kappa shape index (κ3) is 3.16. The summed E-state index contributed by atoms with van der Waals surface area (Å²) >= 11 is 15.5. The second-order valence-electron chi connectivity index (χ2n) is 7.97. The van der Waals surface area contributed by atoms with Gasteiger partial charge in [-0.15, -0.1) is 0 Å². The summed E-state index contributed by atoms with van der Waals surface area (Å²) < 4.78 is 0. The van der Waals surface area contributed by atoms with Gasteiger partial charge in [0, 0.05) is 0 Å². The Bertz CT molecular complexity index is 285. The van der Waals surface area contributed by atoms with E-state index in [-0.39, 0.29) is 0 Å². The molecule has 3 aliphatic carbocycles. The summed E-state index contributed by atoms with van der Waals surface area (Å²) in [5, 5.41) is -2.60. The van der Waals surface area contributed by atoms with Gasteiger partial charge in [0.25, 0.3) is 0 Å². The van der Waals surface area contributed by atoms with Crippen molar-refractivity contribution in [2.45, 2.75) is 113 Å². The van der Waals surface area contributed by atoms with Crippen LogP contribution in [0.1, 0.15) is 96.3 Å². The van der Waals surface area contributed by atoms with E-state index in [0.29, 0.717) is 17.0 Å². The molecule has 0 aromatic carbocycles. The van der Waals surface area contributed by atoms with Crippen molar-refractivity contribution in [2.24, 2.45) is 0 Å². The monoisotopic (exact) mass is 350 g/mol. The molecule has 0 aromatic heterocycles. The van der Waals surface area contributed by atoms with E-state index in [1.54, 1.807) is 0 Å². The van der Waals surface area contributed by atoms with Crippen LogP contribution in [0, 0.1) is 0 Å². The van der Waals surface area contributed by atoms with Gasteiger partial charge >= 0.3 is 141 Å². The van der Waals surface area contributed by atoms with Gasteiger partial charge in [0.1, 0.15) is 0 Å². The molecule has 124 valence electrons. The van der Waals surface area contributed by atoms with Crippen molar-refractivity contribution >= 4 is 27.8 Å². The Morgan fingerprint density at radius 3 is 0.905 bits per heavy atom. The number of rotatable bonds is 3. The Morgan fingerprint density at radius 1 is 0.429 bits per heavy atom. The number of hydrogen-bond acceptors (Lipinski definition) is 0. The fourth-order valence-corrected chi connectivity index (χ4v) is 15.0. The van der Waals surface area contributed by atoms with Gasteiger partial charge in [-0.25, -0.2) is 0 Å². The average Bonchev–Trinajstić information content (AvgIpc) is 2.57. The summed E-state index contributed by atoms with van der Waals surface area (Å²) in [5.74, 6) is 0. The molecular formula is C18H33Cl2P. The van der Waals surface area contributed by atoms with E-state index in [2.05, 4.69) is 0 Å². The fourth-order valence-electron chi connectivity index (χ4n) is 5.62. The molecule has 0 spiro atoms. The Hall–Kier alpha value is 1.01. The molecule has 3 rings (SSSR count). The average molecular weight is 351 g/mol. The third-order valence-electron chi connectivity index (χ3n) is 6.82. The molecule has 0 unspecified atom stereocenters. The van der Waals surface area contributed by atoms with Crippen LogP contribution in [0.2, 0.25) is 0 Å². The van der Waals surface area contributed by atoms with Crippen LogP contribution in [-0.4, -0.2) is 17.0 Å². The Balaban J connectivity index is 1.90. The van der Waals surface area contributed by atoms with Crippen LogP contribution in [0.3, 0.4) is 0 Å². The Morgan fingerprint density at radius 2 is 0.667 bits per heavy atom. The SMILES string of the molecule is ClP(Cl)(C1CCCCC1)(C1CCCCC1)C1CCCCC1. The van der Waals surface area contributed by atoms with Crippen LogP contribution in [0.4, 0.5) is 0 Å². The molecule has 0 atom stereocenters. The van der Waals surface area contributed by atoms with Gasteiger partial charge in [-0.05, 0) is 0 Å². The quantitative estimate of drug-likeness (QED) is 0.454. The summed E-state index contributed by atoms with van der Waals surface area (Å²) in [6.07, 6.45) is 20.5. The fraction of sp³-hybridized carbons (Fsp3) is 1.00. The van der Waals surface area contributed by atoms with Crippen LogP contribution in [0.5, 0.6) is 0 Å². The first-order valence-electron chi connectivity index (χ1n) is 9.56. The number of halogens is 2. The van der Waals surface area contributed by atoms with Crippen molar-refractivity contribution < 1.29 is 0 Å². The molecule has 0 aromatic rings. The third-order valence-corrected chi connectivity index (χ3v) is 17.5. The zero-order valence-corrected chi connectivity index (χ0v) is 15.9. The maximum absolute atomic E-state index is 7.73. The molecule has 0 saturated heterocycles. The van der Waals surface area contributed by atoms with E-state index in [9.17, 15) is 0 Å². The van der Waals surface area contributed by atoms with Crippen molar-refractivity contribution in [3.8, 4) is 0 Å². The molecule has 0 amide bonds. The van der Waals surface area contributed by atoms with Gasteiger partial charge in [0.15, 0.2) is 0 Å². The first-order valence-corrected chi connectivity index (χ1v) is 13.8. The van der Waals surface area contributed by atoms with E-state index >= 15 is 0 Å². The van der Waals surface area contributed by atoms with Crippen LogP contribution in [-0.2, 0) is 0 Å². The van der Waals surface area contributed by atoms with Gasteiger partial charge in [-0.3, -0.25) is 0 Å². The van der Waals surface area contributed by atoms with Gasteiger partial charge in [0.2, 0.25) is 0 Å². The second-order valence-corrected chi connectivity index (χ2v) is 17.4. The molecule has 0 bridgehead atoms. The van der Waals surface area contributed by atoms with Crippen LogP contribution >= 0.6 is 27.8 Å². The van der Waals surface area contributed by atoms with E-state index < -0.39 is 5.31 Å². The summed E-state index contributed by atoms with van der Waals surface area (Å²) in [4.78, 5) is 0. The van der Waals surface area contributed by atoms with Crippen LogP contribution < -0.4 is 0 Å². The zero-order valence-electron chi connectivity index (χ0n) is 13.5. The molecule has 0 nitrogen and oxygen atoms in total. The minimum absolute atomic E-state index is 0.680. The van der Waals surface area contributed by atoms with Crippen molar-refractivity contribution in [3.63, 3.8) is 0 Å². The second kappa shape index (κ2) is 6.86. The molecule has 3 fully saturated rings. The summed E-state index contributed by atoms with van der Waals surface area (Å²) in [7, 11) is 0. The molecule has 0 aliphatic heterocycles. The number of hydrogen-bond donors (Lipinski definition) is 0. The van der Waals surface area contributed by atoms with Gasteiger partial charge in [-0.1, -0.05) is 0 Å². The van der Waals surface area contributed by atoms with Crippen molar-refractivity contribution in [3.05, 3.63) is 0 Å². The summed E-state index contributed by atoms with van der Waals surface area (Å²) in [6, 6.07) is 0. The van der Waals surface area contributed by atoms with Gasteiger partial charge < -0.3 is 0 Å². The van der Waals surface area contributed by atoms with Crippen molar-refractivity contribution in [2.75, 3.05) is 0 Å². The van der Waals surface area contributed by atoms with E-state index in [1.165, 1.54) is 96.3 Å². The van der Waals surface area contributed by atoms with Gasteiger partial charge in [-0.2, -0.15) is 0 Å². The predicted molar refractivity (Wildman–Crippen MR) is 99.2 cm³/mol. The normalized spacial score (nSPS) is 29.9. The molecule has 0 radical (unpaired) electrons. The molecule has 21 heavy (non-hydrogen) atoms. The van der Waals surface area contributed by atoms with Crippen molar-refractivity contribution in [1.82, 2.24) is 0 Å².